The van der Waals surface area contributed by atoms with Crippen LogP contribution in [0.1, 0.15) is 31.4 Å². The Morgan fingerprint density at radius 1 is 1.36 bits per heavy atom. The number of hydrogen-bond donors (Lipinski definition) is 2. The smallest absolute Gasteiger partial charge is 0.338 e. The second kappa shape index (κ2) is 7.64. The Balaban J connectivity index is 1.83. The van der Waals surface area contributed by atoms with E-state index in [0.29, 0.717) is 33.5 Å². The van der Waals surface area contributed by atoms with E-state index >= 15 is 0 Å². The number of rotatable bonds is 4. The number of nitrogens with one attached hydrogen (secondary N) is 2. The van der Waals surface area contributed by atoms with Crippen molar-refractivity contribution < 1.29 is 19.1 Å². The van der Waals surface area contributed by atoms with Gasteiger partial charge in [-0.2, -0.15) is 0 Å². The van der Waals surface area contributed by atoms with E-state index in [1.54, 1.807) is 25.1 Å². The summed E-state index contributed by atoms with van der Waals surface area (Å²) in [5.74, 6) is -0.503. The Morgan fingerprint density at radius 3 is 2.84 bits per heavy atom. The zero-order valence-corrected chi connectivity index (χ0v) is 15.1. The summed E-state index contributed by atoms with van der Waals surface area (Å²) in [7, 11) is 0. The Morgan fingerprint density at radius 2 is 2.16 bits per heavy atom. The van der Waals surface area contributed by atoms with Crippen molar-refractivity contribution in [2.45, 2.75) is 31.9 Å². The molecule has 0 aliphatic carbocycles. The van der Waals surface area contributed by atoms with Crippen LogP contribution in [0.3, 0.4) is 0 Å². The molecule has 1 fully saturated rings. The fraction of sp³-hybridized carbons (Fsp3) is 0.412. The van der Waals surface area contributed by atoms with Crippen molar-refractivity contribution in [2.75, 3.05) is 13.2 Å². The molecular formula is C17H18Cl2N2O4. The van der Waals surface area contributed by atoms with Gasteiger partial charge in [0, 0.05) is 12.3 Å². The van der Waals surface area contributed by atoms with Crippen molar-refractivity contribution in [3.63, 3.8) is 0 Å². The molecule has 2 atom stereocenters. The van der Waals surface area contributed by atoms with Crippen LogP contribution in [-0.4, -0.2) is 31.3 Å². The zero-order valence-electron chi connectivity index (χ0n) is 13.6. The van der Waals surface area contributed by atoms with Gasteiger partial charge < -0.3 is 20.1 Å². The maximum absolute atomic E-state index is 12.6. The molecule has 0 unspecified atom stereocenters. The van der Waals surface area contributed by atoms with Gasteiger partial charge in [0.1, 0.15) is 6.61 Å². The lowest BCUT2D eigenvalue weighted by Crippen LogP contribution is -2.45. The van der Waals surface area contributed by atoms with Crippen molar-refractivity contribution in [3.8, 4) is 0 Å². The molecule has 0 saturated carbocycles. The summed E-state index contributed by atoms with van der Waals surface area (Å²) in [6.07, 6.45) is 1.77. The first kappa shape index (κ1) is 18.0. The van der Waals surface area contributed by atoms with Gasteiger partial charge >= 0.3 is 12.0 Å². The van der Waals surface area contributed by atoms with Crippen LogP contribution in [0.2, 0.25) is 10.0 Å². The van der Waals surface area contributed by atoms with Crippen molar-refractivity contribution in [1.82, 2.24) is 10.6 Å². The Kier molecular flexibility index (Phi) is 5.51. The standard InChI is InChI=1S/C17H18Cl2N2O4/c1-9-14(16(22)25-8-11-3-2-6-24-11)15(21-17(23)20-9)10-4-5-12(18)13(19)7-10/h4-5,7,11,15H,2-3,6,8H2,1H3,(H2,20,21,23)/t11-,15-/m1/s1. The molecule has 1 saturated heterocycles. The van der Waals surface area contributed by atoms with Gasteiger partial charge in [-0.25, -0.2) is 9.59 Å². The summed E-state index contributed by atoms with van der Waals surface area (Å²) in [4.78, 5) is 24.5. The minimum atomic E-state index is -0.666. The minimum Gasteiger partial charge on any atom is -0.459 e. The number of benzene rings is 1. The molecule has 0 spiro atoms. The molecular weight excluding hydrogens is 367 g/mol. The van der Waals surface area contributed by atoms with Gasteiger partial charge in [-0.05, 0) is 37.5 Å². The van der Waals surface area contributed by atoms with Crippen LogP contribution in [0.4, 0.5) is 4.79 Å². The lowest BCUT2D eigenvalue weighted by Gasteiger charge is -2.28. The third-order valence-corrected chi connectivity index (χ3v) is 4.93. The van der Waals surface area contributed by atoms with Gasteiger partial charge in [-0.3, -0.25) is 0 Å². The Hall–Kier alpha value is -1.76. The molecule has 2 N–H and O–H groups in total. The maximum atomic E-state index is 12.6. The van der Waals surface area contributed by atoms with Gasteiger partial charge in [0.25, 0.3) is 0 Å². The largest absolute Gasteiger partial charge is 0.459 e. The van der Waals surface area contributed by atoms with Crippen LogP contribution in [-0.2, 0) is 14.3 Å². The van der Waals surface area contributed by atoms with E-state index < -0.39 is 18.0 Å². The quantitative estimate of drug-likeness (QED) is 0.780. The average molecular weight is 385 g/mol. The molecule has 2 heterocycles. The van der Waals surface area contributed by atoms with Gasteiger partial charge in [-0.1, -0.05) is 29.3 Å². The molecule has 8 heteroatoms. The fourth-order valence-electron chi connectivity index (χ4n) is 2.93. The van der Waals surface area contributed by atoms with E-state index in [1.165, 1.54) is 0 Å². The Labute approximate surface area is 155 Å². The highest BCUT2D eigenvalue weighted by molar-refractivity contribution is 6.42. The van der Waals surface area contributed by atoms with E-state index in [-0.39, 0.29) is 12.7 Å². The van der Waals surface area contributed by atoms with E-state index in [2.05, 4.69) is 10.6 Å². The Bertz CT molecular complexity index is 729. The summed E-state index contributed by atoms with van der Waals surface area (Å²) in [5.41, 5.74) is 1.42. The third-order valence-electron chi connectivity index (χ3n) is 4.19. The number of carbonyl (C=O) groups excluding carboxylic acids is 2. The predicted octanol–water partition coefficient (Wildman–Crippen LogP) is 3.34. The van der Waals surface area contributed by atoms with Crippen LogP contribution in [0.15, 0.2) is 29.5 Å². The molecule has 2 aliphatic rings. The first-order chi connectivity index (χ1) is 12.0. The molecule has 0 aromatic heterocycles. The predicted molar refractivity (Wildman–Crippen MR) is 93.5 cm³/mol. The zero-order chi connectivity index (χ0) is 18.0. The van der Waals surface area contributed by atoms with Gasteiger partial charge in [-0.15, -0.1) is 0 Å². The van der Waals surface area contributed by atoms with Crippen LogP contribution in [0, 0.1) is 0 Å². The third kappa shape index (κ3) is 4.08. The number of esters is 1. The summed E-state index contributed by atoms with van der Waals surface area (Å²) >= 11 is 12.0. The molecule has 1 aromatic carbocycles. The fourth-order valence-corrected chi connectivity index (χ4v) is 3.24. The number of halogens is 2. The van der Waals surface area contributed by atoms with E-state index in [4.69, 9.17) is 32.7 Å². The summed E-state index contributed by atoms with van der Waals surface area (Å²) in [6.45, 7) is 2.54. The number of hydrogen-bond acceptors (Lipinski definition) is 4. The number of ether oxygens (including phenoxy) is 2. The van der Waals surface area contributed by atoms with Crippen molar-refractivity contribution >= 4 is 35.2 Å². The lowest BCUT2D eigenvalue weighted by atomic mass is 9.95. The van der Waals surface area contributed by atoms with E-state index in [1.807, 2.05) is 0 Å². The molecule has 2 amide bonds. The van der Waals surface area contributed by atoms with Crippen molar-refractivity contribution in [1.29, 1.82) is 0 Å². The van der Waals surface area contributed by atoms with Crippen LogP contribution < -0.4 is 10.6 Å². The van der Waals surface area contributed by atoms with Crippen LogP contribution in [0.25, 0.3) is 0 Å². The topological polar surface area (TPSA) is 76.7 Å². The van der Waals surface area contributed by atoms with Crippen molar-refractivity contribution in [3.05, 3.63) is 45.1 Å². The minimum absolute atomic E-state index is 0.0700. The highest BCUT2D eigenvalue weighted by Crippen LogP contribution is 2.32. The average Bonchev–Trinajstić information content (AvgIpc) is 3.08. The molecule has 0 bridgehead atoms. The van der Waals surface area contributed by atoms with Gasteiger partial charge in [0.05, 0.1) is 27.8 Å². The molecule has 1 aromatic rings. The molecule has 3 rings (SSSR count). The normalized spacial score (nSPS) is 23.2. The van der Waals surface area contributed by atoms with Gasteiger partial charge in [0.15, 0.2) is 0 Å². The second-order valence-electron chi connectivity index (χ2n) is 5.98. The highest BCUT2D eigenvalue weighted by Gasteiger charge is 2.33. The molecule has 134 valence electrons. The molecule has 6 nitrogen and oxygen atoms in total. The number of carbonyl (C=O) groups is 2. The first-order valence-electron chi connectivity index (χ1n) is 7.97. The number of urea groups is 1. The van der Waals surface area contributed by atoms with Crippen LogP contribution in [0.5, 0.6) is 0 Å². The number of allylic oxidation sites excluding steroid dienone is 1. The SMILES string of the molecule is CC1=C(C(=O)OC[C@H]2CCCO2)[C@@H](c2ccc(Cl)c(Cl)c2)NC(=O)N1. The monoisotopic (exact) mass is 384 g/mol. The molecule has 25 heavy (non-hydrogen) atoms. The maximum Gasteiger partial charge on any atom is 0.338 e. The van der Waals surface area contributed by atoms with Crippen molar-refractivity contribution in [2.24, 2.45) is 0 Å². The number of amides is 2. The molecule has 2 aliphatic heterocycles. The molecule has 0 radical (unpaired) electrons. The second-order valence-corrected chi connectivity index (χ2v) is 6.79. The summed E-state index contributed by atoms with van der Waals surface area (Å²) in [5, 5.41) is 6.07. The highest BCUT2D eigenvalue weighted by atomic mass is 35.5. The summed E-state index contributed by atoms with van der Waals surface area (Å²) < 4.78 is 10.9. The van der Waals surface area contributed by atoms with E-state index in [9.17, 15) is 9.59 Å². The first-order valence-corrected chi connectivity index (χ1v) is 8.73. The van der Waals surface area contributed by atoms with Gasteiger partial charge in [0.2, 0.25) is 0 Å². The van der Waals surface area contributed by atoms with Crippen LogP contribution >= 0.6 is 23.2 Å². The lowest BCUT2D eigenvalue weighted by molar-refractivity contribution is -0.142. The van der Waals surface area contributed by atoms with E-state index in [0.717, 1.165) is 12.8 Å². The summed E-state index contributed by atoms with van der Waals surface area (Å²) in [6, 6.07) is 3.90.